The van der Waals surface area contributed by atoms with Gasteiger partial charge in [-0.1, -0.05) is 71.1 Å². The van der Waals surface area contributed by atoms with E-state index in [1.54, 1.807) is 40.9 Å². The number of aliphatic hydroxyl groups is 3. The number of hydrogen-bond donors (Lipinski definition) is 4. The molecule has 6 aliphatic rings. The molecule has 5 heterocycles. The van der Waals surface area contributed by atoms with Crippen molar-refractivity contribution in [1.82, 2.24) is 15.1 Å². The van der Waals surface area contributed by atoms with Gasteiger partial charge < -0.3 is 53.5 Å². The number of carbonyl (C=O) groups excluding carboxylic acids is 7. The summed E-state index contributed by atoms with van der Waals surface area (Å²) in [5.74, 6) is -8.88. The molecule has 19 nitrogen and oxygen atoms in total. The number of rotatable bonds is 10. The number of Topliss-reactive ketones (excluding diaryl/α,β-unsaturated/α-hetero) is 3. The van der Waals surface area contributed by atoms with E-state index in [0.717, 1.165) is 5.57 Å². The predicted molar refractivity (Wildman–Crippen MR) is 282 cm³/mol. The Labute approximate surface area is 454 Å². The Hall–Kier alpha value is -4.47. The summed E-state index contributed by atoms with van der Waals surface area (Å²) in [5, 5.41) is 36.6. The summed E-state index contributed by atoms with van der Waals surface area (Å²) in [6.07, 6.45) is 9.95. The normalized spacial score (nSPS) is 38.5. The first-order valence-electron chi connectivity index (χ1n) is 28.0. The fourth-order valence-corrected chi connectivity index (χ4v) is 12.1. The van der Waals surface area contributed by atoms with Crippen molar-refractivity contribution < 1.29 is 77.3 Å². The molecular weight excluding hydrogens is 995 g/mol. The van der Waals surface area contributed by atoms with E-state index in [4.69, 9.17) is 28.4 Å². The largest absolute Gasteiger partial charge is 0.460 e. The molecule has 17 atom stereocenters. The molecule has 19 heteroatoms. The van der Waals surface area contributed by atoms with Gasteiger partial charge >= 0.3 is 12.0 Å². The number of allylic oxidation sites excluding steroid dienone is 6. The molecule has 4 saturated heterocycles. The number of hydrogen-bond acceptors (Lipinski definition) is 16. The van der Waals surface area contributed by atoms with Gasteiger partial charge in [-0.3, -0.25) is 29.3 Å². The second-order valence-electron chi connectivity index (χ2n) is 22.9. The lowest BCUT2D eigenvalue weighted by atomic mass is 9.78. The average molecular weight is 1080 g/mol. The van der Waals surface area contributed by atoms with E-state index >= 15 is 0 Å². The van der Waals surface area contributed by atoms with E-state index in [1.165, 1.54) is 16.9 Å². The van der Waals surface area contributed by atoms with Crippen molar-refractivity contribution in [1.29, 1.82) is 0 Å². The van der Waals surface area contributed by atoms with Crippen LogP contribution in [0.4, 0.5) is 4.79 Å². The maximum absolute atomic E-state index is 14.5. The van der Waals surface area contributed by atoms with Gasteiger partial charge in [0.2, 0.25) is 5.79 Å². The lowest BCUT2D eigenvalue weighted by Crippen LogP contribution is -2.61. The highest BCUT2D eigenvalue weighted by Gasteiger charge is 2.53. The lowest BCUT2D eigenvalue weighted by molar-refractivity contribution is -0.266. The maximum atomic E-state index is 14.5. The van der Waals surface area contributed by atoms with Crippen LogP contribution in [-0.2, 0) is 57.2 Å². The van der Waals surface area contributed by atoms with E-state index in [9.17, 15) is 48.9 Å². The number of methoxy groups -OCH3 is 2. The quantitative estimate of drug-likeness (QED) is 0.0716. The van der Waals surface area contributed by atoms with Crippen LogP contribution in [0.5, 0.6) is 0 Å². The molecule has 5 aliphatic heterocycles. The van der Waals surface area contributed by atoms with Crippen molar-refractivity contribution >= 4 is 41.2 Å². The minimum atomic E-state index is -2.53. The summed E-state index contributed by atoms with van der Waals surface area (Å²) in [7, 11) is 2.92. The number of esters is 1. The summed E-state index contributed by atoms with van der Waals surface area (Å²) in [4.78, 5) is 98.7. The van der Waals surface area contributed by atoms with E-state index in [1.807, 2.05) is 51.2 Å². The van der Waals surface area contributed by atoms with Gasteiger partial charge in [-0.15, -0.1) is 0 Å². The molecule has 6 rings (SSSR count). The number of fused-ring (bicyclic) bond motifs is 4. The fourth-order valence-electron chi connectivity index (χ4n) is 12.1. The molecule has 2 bridgehead atoms. The first-order chi connectivity index (χ1) is 36.6. The van der Waals surface area contributed by atoms with E-state index < -0.39 is 95.9 Å². The van der Waals surface area contributed by atoms with Gasteiger partial charge in [-0.05, 0) is 107 Å². The van der Waals surface area contributed by atoms with Crippen LogP contribution in [0.1, 0.15) is 132 Å². The summed E-state index contributed by atoms with van der Waals surface area (Å²) in [6, 6.07) is -2.20. The number of amides is 4. The number of aliphatic hydroxyl groups excluding tert-OH is 2. The second kappa shape index (κ2) is 28.1. The Morgan fingerprint density at radius 1 is 0.818 bits per heavy atom. The van der Waals surface area contributed by atoms with Gasteiger partial charge in [0, 0.05) is 64.3 Å². The van der Waals surface area contributed by atoms with Crippen molar-refractivity contribution in [2.45, 2.75) is 199 Å². The summed E-state index contributed by atoms with van der Waals surface area (Å²) >= 11 is 0. The van der Waals surface area contributed by atoms with Gasteiger partial charge in [-0.25, -0.2) is 9.59 Å². The number of urea groups is 1. The number of cyclic esters (lactones) is 1. The third-order valence-electron chi connectivity index (χ3n) is 17.0. The number of nitrogens with zero attached hydrogens (tertiary/aromatic N) is 2. The highest BCUT2D eigenvalue weighted by Crippen LogP contribution is 2.38. The molecule has 0 aromatic carbocycles. The van der Waals surface area contributed by atoms with Crippen molar-refractivity contribution in [3.05, 3.63) is 47.6 Å². The molecule has 4 amide bonds. The minimum Gasteiger partial charge on any atom is -0.460 e. The number of carbonyl (C=O) groups is 7. The minimum absolute atomic E-state index is 0.0417. The van der Waals surface area contributed by atoms with Crippen LogP contribution in [0.3, 0.4) is 0 Å². The van der Waals surface area contributed by atoms with Crippen molar-refractivity contribution in [3.8, 4) is 0 Å². The van der Waals surface area contributed by atoms with Gasteiger partial charge in [0.05, 0.1) is 43.7 Å². The van der Waals surface area contributed by atoms with Crippen molar-refractivity contribution in [2.24, 2.45) is 35.5 Å². The number of ketones is 3. The molecule has 1 unspecified atom stereocenters. The molecule has 0 aromatic heterocycles. The zero-order chi connectivity index (χ0) is 56.3. The van der Waals surface area contributed by atoms with Crippen LogP contribution in [0.15, 0.2) is 47.6 Å². The van der Waals surface area contributed by atoms with Crippen LogP contribution in [0.25, 0.3) is 0 Å². The predicted octanol–water partition coefficient (Wildman–Crippen LogP) is 5.26. The van der Waals surface area contributed by atoms with Crippen LogP contribution < -0.4 is 5.32 Å². The smallest absolute Gasteiger partial charge is 0.329 e. The number of ether oxygens (including phenoxy) is 6. The molecule has 0 spiro atoms. The van der Waals surface area contributed by atoms with Crippen LogP contribution >= 0.6 is 0 Å². The molecule has 4 N–H and O–H groups in total. The molecular formula is C58H87N3O16. The van der Waals surface area contributed by atoms with Gasteiger partial charge in [0.25, 0.3) is 17.6 Å². The highest BCUT2D eigenvalue weighted by molar-refractivity contribution is 6.39. The standard InChI is InChI=1S/C58H87N3O16/c1-33-15-11-10-12-16-34(2)47(75-24-23-74-42-29-44-54(67)59-57(70)61(44)32-42)30-41-20-18-39(7)58(71,77-41)53(66)55(68)60-22-14-13-17-43(60)56(69)76-48(36(4)27-40-19-21-45(62)49(28-40)72-8)31-46(63)35(3)26-38(6)51(65)52(73-9)50(64)37(5)25-33/h10-12,15-16,26,33,35-37,39-45,47-49,51-52,62,65,71H,13-14,17-25,27-32H2,1-9H3,(H,59,67,70)/b12-10?,15-11+,34-16?,38-26+/t33-,35-,36-,37-,39-,40+,41+,42-,43+,44+,45-,47?,48+,49-,51-,52+,58-/m1/s1. The molecule has 0 aromatic rings. The lowest BCUT2D eigenvalue weighted by Gasteiger charge is -2.43. The summed E-state index contributed by atoms with van der Waals surface area (Å²) in [5.41, 5.74) is 1.15. The Morgan fingerprint density at radius 2 is 1.56 bits per heavy atom. The Kier molecular flexibility index (Phi) is 22.5. The number of piperidine rings is 1. The Morgan fingerprint density at radius 3 is 2.27 bits per heavy atom. The second-order valence-corrected chi connectivity index (χ2v) is 22.9. The van der Waals surface area contributed by atoms with Gasteiger partial charge in [0.1, 0.15) is 36.2 Å². The Bertz CT molecular complexity index is 2210. The summed E-state index contributed by atoms with van der Waals surface area (Å²) in [6.45, 7) is 13.1. The molecule has 0 radical (unpaired) electrons. The zero-order valence-electron chi connectivity index (χ0n) is 46.8. The number of imide groups is 1. The average Bonchev–Trinajstić information content (AvgIpc) is 3.97. The molecule has 77 heavy (non-hydrogen) atoms. The third kappa shape index (κ3) is 15.7. The first-order valence-corrected chi connectivity index (χ1v) is 28.0. The number of nitrogens with one attached hydrogen (secondary N) is 1. The molecule has 1 saturated carbocycles. The molecule has 5 fully saturated rings. The Balaban J connectivity index is 1.27. The van der Waals surface area contributed by atoms with E-state index in [0.29, 0.717) is 69.8 Å². The third-order valence-corrected chi connectivity index (χ3v) is 17.0. The van der Waals surface area contributed by atoms with Crippen LogP contribution in [0, 0.1) is 35.5 Å². The summed E-state index contributed by atoms with van der Waals surface area (Å²) < 4.78 is 36.3. The van der Waals surface area contributed by atoms with E-state index in [2.05, 4.69) is 5.32 Å². The van der Waals surface area contributed by atoms with Crippen molar-refractivity contribution in [2.75, 3.05) is 40.5 Å². The first kappa shape index (κ1) is 61.7. The van der Waals surface area contributed by atoms with Gasteiger partial charge in [-0.2, -0.15) is 0 Å². The van der Waals surface area contributed by atoms with Gasteiger partial charge in [0.15, 0.2) is 5.78 Å². The van der Waals surface area contributed by atoms with E-state index in [-0.39, 0.29) is 93.0 Å². The molecule has 430 valence electrons. The molecule has 1 aliphatic carbocycles. The highest BCUT2D eigenvalue weighted by atomic mass is 16.6. The van der Waals surface area contributed by atoms with Crippen LogP contribution in [0.2, 0.25) is 0 Å². The topological polar surface area (TPSA) is 254 Å². The van der Waals surface area contributed by atoms with Crippen molar-refractivity contribution in [3.63, 3.8) is 0 Å². The maximum Gasteiger partial charge on any atom is 0.329 e. The fraction of sp³-hybridized carbons (Fsp3) is 0.741. The monoisotopic (exact) mass is 1080 g/mol. The zero-order valence-corrected chi connectivity index (χ0v) is 46.8. The van der Waals surface area contributed by atoms with Crippen LogP contribution in [-0.4, -0.2) is 174 Å². The SMILES string of the molecule is CO[C@@H]1C[C@H](C[C@@H](C)[C@@H]2CC(=O)[C@H](C)/C=C(\C)[C@@H](O)[C@@H](OC)C(=O)[C@H](C)C[C@H](C)/C=C/C=CC=C(C)C(OCCO[C@@H]3C[C@H]4C(=O)NC(=O)N4C3)C[C@@H]3CC[C@@H](C)[C@@](O)(O3)C(=O)C(=O)N3CCCC[C@H]3C(=O)O2)CC[C@H]1O.